The van der Waals surface area contributed by atoms with E-state index < -0.39 is 23.6 Å². The van der Waals surface area contributed by atoms with Gasteiger partial charge in [0, 0.05) is 11.1 Å². The number of benzene rings is 4. The first-order valence-electron chi connectivity index (χ1n) is 11.2. The Balaban J connectivity index is 1.46. The van der Waals surface area contributed by atoms with Gasteiger partial charge in [0.15, 0.2) is 0 Å². The summed E-state index contributed by atoms with van der Waals surface area (Å²) in [5.74, 6) is -1.28. The molecule has 8 nitrogen and oxygen atoms in total. The summed E-state index contributed by atoms with van der Waals surface area (Å²) in [6.07, 6.45) is 1.37. The average Bonchev–Trinajstić information content (AvgIpc) is 2.93. The molecule has 0 bridgehead atoms. The van der Waals surface area contributed by atoms with Gasteiger partial charge in [-0.1, -0.05) is 30.3 Å². The van der Waals surface area contributed by atoms with Crippen LogP contribution in [0.5, 0.6) is 11.5 Å². The highest BCUT2D eigenvalue weighted by molar-refractivity contribution is 6.04. The van der Waals surface area contributed by atoms with Crippen molar-refractivity contribution in [2.75, 3.05) is 13.7 Å². The smallest absolute Gasteiger partial charge is 0.343 e. The van der Waals surface area contributed by atoms with E-state index in [4.69, 9.17) is 9.47 Å². The molecular formula is C28H22FN3O5. The predicted molar refractivity (Wildman–Crippen MR) is 136 cm³/mol. The van der Waals surface area contributed by atoms with E-state index in [1.54, 1.807) is 30.3 Å². The molecule has 0 saturated carbocycles. The molecule has 0 heterocycles. The Morgan fingerprint density at radius 1 is 0.892 bits per heavy atom. The molecule has 0 radical (unpaired) electrons. The first-order valence-corrected chi connectivity index (χ1v) is 11.2. The van der Waals surface area contributed by atoms with Crippen LogP contribution in [0, 0.1) is 5.82 Å². The third kappa shape index (κ3) is 6.34. The van der Waals surface area contributed by atoms with Gasteiger partial charge in [-0.25, -0.2) is 14.6 Å². The number of rotatable bonds is 8. The molecule has 9 heteroatoms. The largest absolute Gasteiger partial charge is 0.497 e. The van der Waals surface area contributed by atoms with Gasteiger partial charge in [-0.3, -0.25) is 9.59 Å². The predicted octanol–water partition coefficient (Wildman–Crippen LogP) is 4.09. The lowest BCUT2D eigenvalue weighted by atomic mass is 10.0. The van der Waals surface area contributed by atoms with Crippen LogP contribution in [0.3, 0.4) is 0 Å². The zero-order chi connectivity index (χ0) is 26.2. The molecule has 4 aromatic rings. The van der Waals surface area contributed by atoms with E-state index in [1.807, 2.05) is 30.3 Å². The SMILES string of the molecule is COc1ccc(C(=O)Oc2ccc3ccccc3c2/C=N\NC(=O)CNC(=O)c2ccc(F)cc2)cc1. The number of fused-ring (bicyclic) bond motifs is 1. The summed E-state index contributed by atoms with van der Waals surface area (Å²) in [4.78, 5) is 37.0. The first-order chi connectivity index (χ1) is 17.9. The fourth-order valence-corrected chi connectivity index (χ4v) is 3.46. The van der Waals surface area contributed by atoms with Crippen LogP contribution in [0.4, 0.5) is 4.39 Å². The second-order valence-corrected chi connectivity index (χ2v) is 7.80. The van der Waals surface area contributed by atoms with E-state index in [9.17, 15) is 18.8 Å². The van der Waals surface area contributed by atoms with Crippen LogP contribution in [0.1, 0.15) is 26.3 Å². The summed E-state index contributed by atoms with van der Waals surface area (Å²) in [6.45, 7) is -0.345. The fourth-order valence-electron chi connectivity index (χ4n) is 3.46. The monoisotopic (exact) mass is 499 g/mol. The topological polar surface area (TPSA) is 106 Å². The maximum Gasteiger partial charge on any atom is 0.343 e. The zero-order valence-electron chi connectivity index (χ0n) is 19.7. The molecule has 2 amide bonds. The minimum absolute atomic E-state index is 0.219. The van der Waals surface area contributed by atoms with E-state index >= 15 is 0 Å². The Hall–Kier alpha value is -5.05. The van der Waals surface area contributed by atoms with Crippen LogP contribution in [-0.4, -0.2) is 37.7 Å². The average molecular weight is 499 g/mol. The number of amides is 2. The van der Waals surface area contributed by atoms with Crippen molar-refractivity contribution in [3.05, 3.63) is 107 Å². The highest BCUT2D eigenvalue weighted by Crippen LogP contribution is 2.27. The number of methoxy groups -OCH3 is 1. The molecule has 2 N–H and O–H groups in total. The summed E-state index contributed by atoms with van der Waals surface area (Å²) >= 11 is 0. The van der Waals surface area contributed by atoms with E-state index in [0.29, 0.717) is 16.9 Å². The van der Waals surface area contributed by atoms with Crippen molar-refractivity contribution in [2.45, 2.75) is 0 Å². The molecule has 0 atom stereocenters. The molecule has 0 aliphatic rings. The van der Waals surface area contributed by atoms with Gasteiger partial charge in [-0.15, -0.1) is 0 Å². The maximum absolute atomic E-state index is 13.0. The summed E-state index contributed by atoms with van der Waals surface area (Å²) < 4.78 is 23.8. The lowest BCUT2D eigenvalue weighted by molar-refractivity contribution is -0.120. The number of nitrogens with one attached hydrogen (secondary N) is 2. The zero-order valence-corrected chi connectivity index (χ0v) is 19.7. The second-order valence-electron chi connectivity index (χ2n) is 7.80. The Labute approximate surface area is 211 Å². The summed E-state index contributed by atoms with van der Waals surface area (Å²) in [5, 5.41) is 8.05. The number of ether oxygens (including phenoxy) is 2. The summed E-state index contributed by atoms with van der Waals surface area (Å²) in [5.41, 5.74) is 3.37. The number of hydrogen-bond donors (Lipinski definition) is 2. The minimum atomic E-state index is -0.580. The van der Waals surface area contributed by atoms with E-state index in [-0.39, 0.29) is 17.9 Å². The van der Waals surface area contributed by atoms with Crippen molar-refractivity contribution in [1.82, 2.24) is 10.7 Å². The first kappa shape index (κ1) is 25.1. The molecule has 0 unspecified atom stereocenters. The number of esters is 1. The number of halogens is 1. The van der Waals surface area contributed by atoms with E-state index in [2.05, 4.69) is 15.8 Å². The summed E-state index contributed by atoms with van der Waals surface area (Å²) in [7, 11) is 1.53. The summed E-state index contributed by atoms with van der Waals surface area (Å²) in [6, 6.07) is 22.3. The molecule has 0 aromatic heterocycles. The van der Waals surface area contributed by atoms with Crippen LogP contribution in [0.15, 0.2) is 90.0 Å². The van der Waals surface area contributed by atoms with Gasteiger partial charge in [0.25, 0.3) is 11.8 Å². The third-order valence-electron chi connectivity index (χ3n) is 5.36. The van der Waals surface area contributed by atoms with Gasteiger partial charge >= 0.3 is 5.97 Å². The van der Waals surface area contributed by atoms with Gasteiger partial charge < -0.3 is 14.8 Å². The lowest BCUT2D eigenvalue weighted by Gasteiger charge is -2.11. The number of hydrogen-bond acceptors (Lipinski definition) is 6. The molecule has 0 aliphatic carbocycles. The van der Waals surface area contributed by atoms with Crippen molar-refractivity contribution >= 4 is 34.8 Å². The molecule has 0 aliphatic heterocycles. The Morgan fingerprint density at radius 3 is 2.32 bits per heavy atom. The Morgan fingerprint density at radius 2 is 1.59 bits per heavy atom. The number of hydrazone groups is 1. The standard InChI is InChI=1S/C28H22FN3O5/c1-36-22-13-8-20(9-14-22)28(35)37-25-15-10-18-4-2-3-5-23(18)24(25)16-31-32-26(33)17-30-27(34)19-6-11-21(29)12-7-19/h2-16H,17H2,1H3,(H,30,34)(H,32,33)/b31-16-. The van der Waals surface area contributed by atoms with Crippen LogP contribution in [-0.2, 0) is 4.79 Å². The van der Waals surface area contributed by atoms with Gasteiger partial charge in [0.2, 0.25) is 0 Å². The normalized spacial score (nSPS) is 10.8. The van der Waals surface area contributed by atoms with Crippen molar-refractivity contribution in [3.63, 3.8) is 0 Å². The third-order valence-corrected chi connectivity index (χ3v) is 5.36. The van der Waals surface area contributed by atoms with Gasteiger partial charge in [0.05, 0.1) is 25.4 Å². The Kier molecular flexibility index (Phi) is 7.85. The minimum Gasteiger partial charge on any atom is -0.497 e. The van der Waals surface area contributed by atoms with Crippen molar-refractivity contribution in [3.8, 4) is 11.5 Å². The van der Waals surface area contributed by atoms with Crippen LogP contribution in [0.2, 0.25) is 0 Å². The Bertz CT molecular complexity index is 1470. The van der Waals surface area contributed by atoms with Crippen LogP contribution < -0.4 is 20.2 Å². The quantitative estimate of drug-likeness (QED) is 0.164. The second kappa shape index (κ2) is 11.6. The van der Waals surface area contributed by atoms with Gasteiger partial charge in [-0.05, 0) is 65.4 Å². The number of nitrogens with zero attached hydrogens (tertiary/aromatic N) is 1. The molecule has 4 rings (SSSR count). The molecule has 4 aromatic carbocycles. The molecule has 37 heavy (non-hydrogen) atoms. The van der Waals surface area contributed by atoms with Crippen molar-refractivity contribution < 1.29 is 28.2 Å². The highest BCUT2D eigenvalue weighted by atomic mass is 19.1. The molecule has 186 valence electrons. The number of carbonyl (C=O) groups is 3. The van der Waals surface area contributed by atoms with Crippen molar-refractivity contribution in [2.24, 2.45) is 5.10 Å². The fraction of sp³-hybridized carbons (Fsp3) is 0.0714. The van der Waals surface area contributed by atoms with Crippen LogP contribution in [0.25, 0.3) is 10.8 Å². The van der Waals surface area contributed by atoms with Crippen molar-refractivity contribution in [1.29, 1.82) is 0 Å². The van der Waals surface area contributed by atoms with E-state index in [1.165, 1.54) is 25.5 Å². The molecule has 0 saturated heterocycles. The van der Waals surface area contributed by atoms with Gasteiger partial charge in [0.1, 0.15) is 17.3 Å². The van der Waals surface area contributed by atoms with Gasteiger partial charge in [-0.2, -0.15) is 5.10 Å². The lowest BCUT2D eigenvalue weighted by Crippen LogP contribution is -2.34. The van der Waals surface area contributed by atoms with Crippen LogP contribution >= 0.6 is 0 Å². The van der Waals surface area contributed by atoms with E-state index in [0.717, 1.165) is 22.9 Å². The maximum atomic E-state index is 13.0. The molecule has 0 spiro atoms. The highest BCUT2D eigenvalue weighted by Gasteiger charge is 2.14. The number of carbonyl (C=O) groups excluding carboxylic acids is 3. The molecular weight excluding hydrogens is 477 g/mol. The molecule has 0 fully saturated rings.